The fraction of sp³-hybridized carbons (Fsp3) is 0.667. The third-order valence-electron chi connectivity index (χ3n) is 4.76. The first-order chi connectivity index (χ1) is 9.93. The summed E-state index contributed by atoms with van der Waals surface area (Å²) in [5, 5.41) is 4.28. The molecule has 118 valence electrons. The summed E-state index contributed by atoms with van der Waals surface area (Å²) >= 11 is 6.34. The molecule has 1 aromatic carbocycles. The van der Waals surface area contributed by atoms with Gasteiger partial charge in [0.25, 0.3) is 0 Å². The number of hydrogen-bond donors (Lipinski definition) is 1. The van der Waals surface area contributed by atoms with Crippen LogP contribution in [0, 0.1) is 17.2 Å². The Kier molecular flexibility index (Phi) is 5.67. The van der Waals surface area contributed by atoms with Crippen molar-refractivity contribution in [3.63, 3.8) is 0 Å². The Hall–Kier alpha value is -0.600. The summed E-state index contributed by atoms with van der Waals surface area (Å²) in [6.07, 6.45) is 5.90. The summed E-state index contributed by atoms with van der Waals surface area (Å²) in [6.45, 7) is 7.78. The highest BCUT2D eigenvalue weighted by Crippen LogP contribution is 2.43. The predicted octanol–water partition coefficient (Wildman–Crippen LogP) is 5.74. The smallest absolute Gasteiger partial charge is 0.123 e. The van der Waals surface area contributed by atoms with Crippen LogP contribution in [-0.2, 0) is 0 Å². The second kappa shape index (κ2) is 7.11. The maximum atomic E-state index is 13.6. The first kappa shape index (κ1) is 16.8. The van der Waals surface area contributed by atoms with Crippen molar-refractivity contribution >= 4 is 11.6 Å². The molecule has 2 rings (SSSR count). The maximum absolute atomic E-state index is 13.6. The molecule has 21 heavy (non-hydrogen) atoms. The lowest BCUT2D eigenvalue weighted by molar-refractivity contribution is 0.161. The van der Waals surface area contributed by atoms with Crippen LogP contribution < -0.4 is 5.32 Å². The number of benzene rings is 1. The second-order valence-corrected chi connectivity index (χ2v) is 7.51. The molecule has 0 bridgehead atoms. The quantitative estimate of drug-likeness (QED) is 0.731. The van der Waals surface area contributed by atoms with Gasteiger partial charge in [0.2, 0.25) is 0 Å². The normalized spacial score (nSPS) is 20.4. The van der Waals surface area contributed by atoms with E-state index in [4.69, 9.17) is 11.6 Å². The highest BCUT2D eigenvalue weighted by Gasteiger charge is 2.32. The van der Waals surface area contributed by atoms with Crippen LogP contribution in [0.1, 0.15) is 64.5 Å². The Bertz CT molecular complexity index is 462. The first-order valence-corrected chi connectivity index (χ1v) is 8.49. The van der Waals surface area contributed by atoms with E-state index in [0.29, 0.717) is 16.4 Å². The SMILES string of the molecule is CCCNC(c1cc(F)ccc1Cl)C1CCC(C)(C)CC1. The zero-order chi connectivity index (χ0) is 15.5. The van der Waals surface area contributed by atoms with Crippen molar-refractivity contribution in [2.45, 2.75) is 58.9 Å². The third kappa shape index (κ3) is 4.43. The van der Waals surface area contributed by atoms with Gasteiger partial charge in [-0.15, -0.1) is 0 Å². The zero-order valence-corrected chi connectivity index (χ0v) is 14.1. The summed E-state index contributed by atoms with van der Waals surface area (Å²) in [5.41, 5.74) is 1.37. The number of halogens is 2. The van der Waals surface area contributed by atoms with Gasteiger partial charge in [-0.1, -0.05) is 32.4 Å². The van der Waals surface area contributed by atoms with Gasteiger partial charge in [-0.2, -0.15) is 0 Å². The average Bonchev–Trinajstić information content (AvgIpc) is 2.44. The molecule has 0 radical (unpaired) electrons. The van der Waals surface area contributed by atoms with Crippen LogP contribution in [0.15, 0.2) is 18.2 Å². The van der Waals surface area contributed by atoms with Crippen molar-refractivity contribution in [1.29, 1.82) is 0 Å². The molecule has 1 aliphatic rings. The van der Waals surface area contributed by atoms with Crippen molar-refractivity contribution < 1.29 is 4.39 Å². The molecular weight excluding hydrogens is 285 g/mol. The first-order valence-electron chi connectivity index (χ1n) is 8.11. The Morgan fingerprint density at radius 1 is 1.33 bits per heavy atom. The molecule has 0 amide bonds. The number of hydrogen-bond acceptors (Lipinski definition) is 1. The summed E-state index contributed by atoms with van der Waals surface area (Å²) in [7, 11) is 0. The standard InChI is InChI=1S/C18H27ClFN/c1-4-11-21-17(13-7-9-18(2,3)10-8-13)15-12-14(20)5-6-16(15)19/h5-6,12-13,17,21H,4,7-11H2,1-3H3. The molecule has 1 aromatic rings. The highest BCUT2D eigenvalue weighted by atomic mass is 35.5. The Balaban J connectivity index is 2.20. The van der Waals surface area contributed by atoms with Crippen molar-refractivity contribution in [3.05, 3.63) is 34.6 Å². The molecule has 0 aliphatic heterocycles. The maximum Gasteiger partial charge on any atom is 0.123 e. The average molecular weight is 312 g/mol. The predicted molar refractivity (Wildman–Crippen MR) is 88.2 cm³/mol. The van der Waals surface area contributed by atoms with Crippen LogP contribution in [0.3, 0.4) is 0 Å². The van der Waals surface area contributed by atoms with E-state index in [-0.39, 0.29) is 11.9 Å². The molecule has 0 heterocycles. The van der Waals surface area contributed by atoms with Crippen LogP contribution in [-0.4, -0.2) is 6.54 Å². The number of nitrogens with one attached hydrogen (secondary N) is 1. The molecule has 3 heteroatoms. The topological polar surface area (TPSA) is 12.0 Å². The molecule has 1 aliphatic carbocycles. The molecule has 1 fully saturated rings. The van der Waals surface area contributed by atoms with E-state index in [1.807, 2.05) is 0 Å². The van der Waals surface area contributed by atoms with E-state index in [9.17, 15) is 4.39 Å². The second-order valence-electron chi connectivity index (χ2n) is 7.10. The molecule has 0 saturated heterocycles. The van der Waals surface area contributed by atoms with Gasteiger partial charge in [0.15, 0.2) is 0 Å². The fourth-order valence-corrected chi connectivity index (χ4v) is 3.57. The van der Waals surface area contributed by atoms with Crippen LogP contribution in [0.5, 0.6) is 0 Å². The van der Waals surface area contributed by atoms with Crippen LogP contribution in [0.2, 0.25) is 5.02 Å². The fourth-order valence-electron chi connectivity index (χ4n) is 3.34. The van der Waals surface area contributed by atoms with E-state index in [1.165, 1.54) is 31.7 Å². The lowest BCUT2D eigenvalue weighted by Crippen LogP contribution is -2.33. The molecular formula is C18H27ClFN. The molecule has 1 nitrogen and oxygen atoms in total. The monoisotopic (exact) mass is 311 g/mol. The van der Waals surface area contributed by atoms with Crippen LogP contribution >= 0.6 is 11.6 Å². The van der Waals surface area contributed by atoms with E-state index in [2.05, 4.69) is 26.1 Å². The summed E-state index contributed by atoms with van der Waals surface area (Å²) in [4.78, 5) is 0. The van der Waals surface area contributed by atoms with Crippen molar-refractivity contribution in [2.75, 3.05) is 6.54 Å². The summed E-state index contributed by atoms with van der Waals surface area (Å²) in [5.74, 6) is 0.345. The van der Waals surface area contributed by atoms with Gasteiger partial charge in [0.1, 0.15) is 5.82 Å². The largest absolute Gasteiger partial charge is 0.310 e. The minimum atomic E-state index is -0.200. The van der Waals surface area contributed by atoms with E-state index < -0.39 is 0 Å². The Morgan fingerprint density at radius 2 is 2.00 bits per heavy atom. The molecule has 1 saturated carbocycles. The molecule has 0 spiro atoms. The Labute approximate surface area is 133 Å². The molecule has 1 unspecified atom stereocenters. The van der Waals surface area contributed by atoms with Gasteiger partial charge in [-0.05, 0) is 73.7 Å². The van der Waals surface area contributed by atoms with Crippen molar-refractivity contribution in [2.24, 2.45) is 11.3 Å². The lowest BCUT2D eigenvalue weighted by atomic mass is 9.70. The summed E-state index contributed by atoms with van der Waals surface area (Å²) in [6, 6.07) is 4.89. The number of rotatable bonds is 5. The van der Waals surface area contributed by atoms with Gasteiger partial charge < -0.3 is 5.32 Å². The van der Waals surface area contributed by atoms with E-state index >= 15 is 0 Å². The van der Waals surface area contributed by atoms with Crippen LogP contribution in [0.25, 0.3) is 0 Å². The van der Waals surface area contributed by atoms with Gasteiger partial charge in [0, 0.05) is 11.1 Å². The molecule has 1 N–H and O–H groups in total. The summed E-state index contributed by atoms with van der Waals surface area (Å²) < 4.78 is 13.6. The lowest BCUT2D eigenvalue weighted by Gasteiger charge is -2.38. The van der Waals surface area contributed by atoms with Crippen LogP contribution in [0.4, 0.5) is 4.39 Å². The van der Waals surface area contributed by atoms with Gasteiger partial charge in [0.05, 0.1) is 0 Å². The third-order valence-corrected chi connectivity index (χ3v) is 5.11. The van der Waals surface area contributed by atoms with Crippen molar-refractivity contribution in [3.8, 4) is 0 Å². The minimum absolute atomic E-state index is 0.171. The highest BCUT2D eigenvalue weighted by molar-refractivity contribution is 6.31. The van der Waals surface area contributed by atoms with E-state index in [1.54, 1.807) is 12.1 Å². The molecule has 0 aromatic heterocycles. The molecule has 1 atom stereocenters. The van der Waals surface area contributed by atoms with Gasteiger partial charge >= 0.3 is 0 Å². The Morgan fingerprint density at radius 3 is 2.62 bits per heavy atom. The van der Waals surface area contributed by atoms with Gasteiger partial charge in [-0.3, -0.25) is 0 Å². The van der Waals surface area contributed by atoms with Gasteiger partial charge in [-0.25, -0.2) is 4.39 Å². The van der Waals surface area contributed by atoms with Crippen molar-refractivity contribution in [1.82, 2.24) is 5.32 Å². The minimum Gasteiger partial charge on any atom is -0.310 e. The van der Waals surface area contributed by atoms with E-state index in [0.717, 1.165) is 18.5 Å². The zero-order valence-electron chi connectivity index (χ0n) is 13.4.